The van der Waals surface area contributed by atoms with Gasteiger partial charge in [0.1, 0.15) is 0 Å². The first-order valence-electron chi connectivity index (χ1n) is 22.0. The Morgan fingerprint density at radius 1 is 0.266 bits per heavy atom. The number of anilines is 3. The topological polar surface area (TPSA) is 8.17 Å². The third-order valence-electron chi connectivity index (χ3n) is 12.8. The van der Waals surface area contributed by atoms with Crippen molar-refractivity contribution in [2.45, 2.75) is 0 Å². The van der Waals surface area contributed by atoms with E-state index in [4.69, 9.17) is 0 Å². The minimum absolute atomic E-state index is 1.09. The normalized spacial score (nSPS) is 11.4. The molecule has 0 unspecified atom stereocenters. The number of hydrogen-bond donors (Lipinski definition) is 0. The molecule has 1 aromatic heterocycles. The number of nitrogens with zero attached hydrogens (tertiary/aromatic N) is 2. The summed E-state index contributed by atoms with van der Waals surface area (Å²) in [5, 5.41) is 7.44. The highest BCUT2D eigenvalue weighted by Crippen LogP contribution is 2.47. The lowest BCUT2D eigenvalue weighted by molar-refractivity contribution is 1.18. The van der Waals surface area contributed by atoms with Crippen LogP contribution in [-0.4, -0.2) is 4.57 Å². The molecule has 12 aromatic rings. The monoisotopic (exact) mass is 814 g/mol. The molecule has 0 bridgehead atoms. The SMILES string of the molecule is c1ccc(-c2ccc(N(c3ccc(-c4ccc5c(c4)c(-c4ccccc4)c(-c4ccccc4)c4ccccc45)cc3)c3cccc4c3c3ccccc3n4-c3ccccc3)cc2)cc1. The number of para-hydroxylation sites is 2. The molecule has 0 saturated carbocycles. The Kier molecular flexibility index (Phi) is 9.20. The van der Waals surface area contributed by atoms with Gasteiger partial charge in [0.15, 0.2) is 0 Å². The molecule has 0 radical (unpaired) electrons. The van der Waals surface area contributed by atoms with Crippen LogP contribution in [0, 0.1) is 0 Å². The van der Waals surface area contributed by atoms with Crippen LogP contribution in [0.3, 0.4) is 0 Å². The predicted molar refractivity (Wildman–Crippen MR) is 272 cm³/mol. The van der Waals surface area contributed by atoms with Gasteiger partial charge in [-0.15, -0.1) is 0 Å². The summed E-state index contributed by atoms with van der Waals surface area (Å²) in [6, 6.07) is 92.6. The quantitative estimate of drug-likeness (QED) is 0.139. The summed E-state index contributed by atoms with van der Waals surface area (Å²) in [6.45, 7) is 0. The summed E-state index contributed by atoms with van der Waals surface area (Å²) < 4.78 is 2.39. The third kappa shape index (κ3) is 6.35. The van der Waals surface area contributed by atoms with E-state index in [2.05, 4.69) is 264 Å². The van der Waals surface area contributed by atoms with E-state index in [-0.39, 0.29) is 0 Å². The fraction of sp³-hybridized carbons (Fsp3) is 0. The van der Waals surface area contributed by atoms with Crippen molar-refractivity contribution in [3.05, 3.63) is 255 Å². The Bertz CT molecular complexity index is 3610. The van der Waals surface area contributed by atoms with Crippen LogP contribution >= 0.6 is 0 Å². The summed E-state index contributed by atoms with van der Waals surface area (Å²) in [5.41, 5.74) is 16.5. The summed E-state index contributed by atoms with van der Waals surface area (Å²) in [6.07, 6.45) is 0. The largest absolute Gasteiger partial charge is 0.310 e. The summed E-state index contributed by atoms with van der Waals surface area (Å²) in [7, 11) is 0. The van der Waals surface area contributed by atoms with Crippen LogP contribution < -0.4 is 4.90 Å². The van der Waals surface area contributed by atoms with E-state index in [1.54, 1.807) is 0 Å². The zero-order chi connectivity index (χ0) is 42.4. The Morgan fingerprint density at radius 3 is 1.33 bits per heavy atom. The van der Waals surface area contributed by atoms with Crippen LogP contribution in [0.2, 0.25) is 0 Å². The van der Waals surface area contributed by atoms with Crippen LogP contribution in [0.15, 0.2) is 255 Å². The zero-order valence-electron chi connectivity index (χ0n) is 35.1. The highest BCUT2D eigenvalue weighted by Gasteiger charge is 2.22. The fourth-order valence-corrected chi connectivity index (χ4v) is 9.89. The van der Waals surface area contributed by atoms with Crippen LogP contribution in [-0.2, 0) is 0 Å². The average molecular weight is 815 g/mol. The number of hydrogen-bond acceptors (Lipinski definition) is 1. The van der Waals surface area contributed by atoms with Gasteiger partial charge >= 0.3 is 0 Å². The average Bonchev–Trinajstić information content (AvgIpc) is 3.72. The van der Waals surface area contributed by atoms with Gasteiger partial charge in [0.25, 0.3) is 0 Å². The standard InChI is InChI=1S/C62H42N2/c1-5-18-43(19-6-1)44-32-37-50(38-33-44)63(58-30-17-31-59-62(58)55-28-15-16-29-57(55)64(59)49-24-11-4-12-25-49)51-39-34-45(35-40-51)48-36-41-53-52-26-13-14-27-54(52)60(46-20-7-2-8-21-46)61(56(53)42-48)47-22-9-3-10-23-47/h1-42H. The maximum absolute atomic E-state index is 2.43. The van der Waals surface area contributed by atoms with Gasteiger partial charge in [-0.05, 0) is 127 Å². The first kappa shape index (κ1) is 37.3. The number of fused-ring (bicyclic) bond motifs is 6. The molecule has 0 spiro atoms. The molecular weight excluding hydrogens is 773 g/mol. The van der Waals surface area contributed by atoms with Crippen LogP contribution in [0.1, 0.15) is 0 Å². The molecule has 1 heterocycles. The molecule has 12 rings (SSSR count). The van der Waals surface area contributed by atoms with Gasteiger partial charge in [0.2, 0.25) is 0 Å². The van der Waals surface area contributed by atoms with Crippen molar-refractivity contribution in [1.29, 1.82) is 0 Å². The number of benzene rings is 11. The Labute approximate surface area is 373 Å². The van der Waals surface area contributed by atoms with Gasteiger partial charge in [0.05, 0.1) is 16.7 Å². The van der Waals surface area contributed by atoms with Gasteiger partial charge < -0.3 is 9.47 Å². The molecule has 300 valence electrons. The van der Waals surface area contributed by atoms with Crippen molar-refractivity contribution in [2.75, 3.05) is 4.90 Å². The molecule has 2 nitrogen and oxygen atoms in total. The van der Waals surface area contributed by atoms with E-state index in [0.29, 0.717) is 0 Å². The highest BCUT2D eigenvalue weighted by molar-refractivity contribution is 6.22. The van der Waals surface area contributed by atoms with E-state index in [1.807, 2.05) is 0 Å². The second-order valence-electron chi connectivity index (χ2n) is 16.4. The Balaban J connectivity index is 1.04. The number of rotatable bonds is 8. The zero-order valence-corrected chi connectivity index (χ0v) is 35.1. The molecular formula is C62H42N2. The van der Waals surface area contributed by atoms with Gasteiger partial charge in [0, 0.05) is 27.8 Å². The predicted octanol–water partition coefficient (Wildman–Crippen LogP) is 17.2. The molecule has 0 amide bonds. The molecule has 0 aliphatic rings. The molecule has 64 heavy (non-hydrogen) atoms. The van der Waals surface area contributed by atoms with Crippen LogP contribution in [0.4, 0.5) is 17.1 Å². The van der Waals surface area contributed by atoms with E-state index >= 15 is 0 Å². The van der Waals surface area contributed by atoms with Crippen molar-refractivity contribution in [1.82, 2.24) is 4.57 Å². The smallest absolute Gasteiger partial charge is 0.0562 e. The minimum atomic E-state index is 1.09. The molecule has 0 aliphatic heterocycles. The third-order valence-corrected chi connectivity index (χ3v) is 12.8. The van der Waals surface area contributed by atoms with Crippen molar-refractivity contribution in [3.63, 3.8) is 0 Å². The summed E-state index contributed by atoms with van der Waals surface area (Å²) >= 11 is 0. The molecule has 0 atom stereocenters. The second-order valence-corrected chi connectivity index (χ2v) is 16.4. The van der Waals surface area contributed by atoms with Gasteiger partial charge in [-0.25, -0.2) is 0 Å². The van der Waals surface area contributed by atoms with Crippen molar-refractivity contribution < 1.29 is 0 Å². The molecule has 2 heteroatoms. The molecule has 0 aliphatic carbocycles. The van der Waals surface area contributed by atoms with Crippen molar-refractivity contribution in [3.8, 4) is 50.2 Å². The summed E-state index contributed by atoms with van der Waals surface area (Å²) in [4.78, 5) is 2.43. The van der Waals surface area contributed by atoms with E-state index in [9.17, 15) is 0 Å². The maximum Gasteiger partial charge on any atom is 0.0562 e. The second kappa shape index (κ2) is 15.8. The molecule has 0 fully saturated rings. The van der Waals surface area contributed by atoms with Gasteiger partial charge in [-0.1, -0.05) is 194 Å². The fourth-order valence-electron chi connectivity index (χ4n) is 9.89. The number of aromatic nitrogens is 1. The van der Waals surface area contributed by atoms with Crippen molar-refractivity contribution in [2.24, 2.45) is 0 Å². The molecule has 0 N–H and O–H groups in total. The van der Waals surface area contributed by atoms with Crippen LogP contribution in [0.25, 0.3) is 93.5 Å². The highest BCUT2D eigenvalue weighted by atomic mass is 15.1. The first-order valence-corrected chi connectivity index (χ1v) is 22.0. The lowest BCUT2D eigenvalue weighted by Crippen LogP contribution is -2.10. The Hall–Kier alpha value is -8.46. The van der Waals surface area contributed by atoms with Gasteiger partial charge in [-0.3, -0.25) is 0 Å². The molecule has 11 aromatic carbocycles. The van der Waals surface area contributed by atoms with E-state index in [1.165, 1.54) is 82.3 Å². The van der Waals surface area contributed by atoms with E-state index < -0.39 is 0 Å². The summed E-state index contributed by atoms with van der Waals surface area (Å²) in [5.74, 6) is 0. The van der Waals surface area contributed by atoms with Crippen molar-refractivity contribution >= 4 is 60.4 Å². The van der Waals surface area contributed by atoms with Crippen LogP contribution in [0.5, 0.6) is 0 Å². The van der Waals surface area contributed by atoms with E-state index in [0.717, 1.165) is 28.3 Å². The molecule has 0 saturated heterocycles. The maximum atomic E-state index is 2.43. The lowest BCUT2D eigenvalue weighted by atomic mass is 9.84. The minimum Gasteiger partial charge on any atom is -0.310 e. The van der Waals surface area contributed by atoms with Gasteiger partial charge in [-0.2, -0.15) is 0 Å². The Morgan fingerprint density at radius 2 is 0.703 bits per heavy atom. The first-order chi connectivity index (χ1) is 31.8. The lowest BCUT2D eigenvalue weighted by Gasteiger charge is -2.27.